The fourth-order valence-electron chi connectivity index (χ4n) is 2.42. The predicted octanol–water partition coefficient (Wildman–Crippen LogP) is 5.26. The Labute approximate surface area is 151 Å². The van der Waals surface area contributed by atoms with Crippen LogP contribution in [0.25, 0.3) is 11.5 Å². The molecule has 1 aromatic carbocycles. The van der Waals surface area contributed by atoms with Crippen LogP contribution in [0.4, 0.5) is 0 Å². The van der Waals surface area contributed by atoms with Crippen molar-refractivity contribution in [2.45, 2.75) is 33.4 Å². The van der Waals surface area contributed by atoms with Crippen molar-refractivity contribution < 1.29 is 4.42 Å². The summed E-state index contributed by atoms with van der Waals surface area (Å²) in [6, 6.07) is 7.76. The number of hydrogen-bond donors (Lipinski definition) is 0. The number of halogens is 1. The third-order valence-electron chi connectivity index (χ3n) is 4.04. The molecule has 24 heavy (non-hydrogen) atoms. The van der Waals surface area contributed by atoms with Gasteiger partial charge in [0.15, 0.2) is 0 Å². The molecule has 4 nitrogen and oxygen atoms in total. The Morgan fingerprint density at radius 3 is 2.54 bits per heavy atom. The van der Waals surface area contributed by atoms with Gasteiger partial charge in [0.25, 0.3) is 0 Å². The van der Waals surface area contributed by atoms with Gasteiger partial charge in [-0.3, -0.25) is 4.90 Å². The van der Waals surface area contributed by atoms with Crippen molar-refractivity contribution in [2.75, 3.05) is 7.05 Å². The highest BCUT2D eigenvalue weighted by Crippen LogP contribution is 2.27. The largest absolute Gasteiger partial charge is 0.441 e. The van der Waals surface area contributed by atoms with Crippen LogP contribution in [0.15, 0.2) is 34.1 Å². The van der Waals surface area contributed by atoms with Gasteiger partial charge in [0, 0.05) is 28.2 Å². The van der Waals surface area contributed by atoms with Crippen LogP contribution in [0.1, 0.15) is 35.1 Å². The van der Waals surface area contributed by atoms with E-state index in [-0.39, 0.29) is 6.04 Å². The molecule has 0 spiro atoms. The maximum absolute atomic E-state index is 5.94. The lowest BCUT2D eigenvalue weighted by Gasteiger charge is -2.21. The summed E-state index contributed by atoms with van der Waals surface area (Å²) in [4.78, 5) is 11.5. The van der Waals surface area contributed by atoms with Crippen molar-refractivity contribution >= 4 is 22.9 Å². The van der Waals surface area contributed by atoms with E-state index in [1.807, 2.05) is 38.1 Å². The highest BCUT2D eigenvalue weighted by Gasteiger charge is 2.19. The normalized spacial score (nSPS) is 12.8. The number of aryl methyl sites for hydroxylation is 2. The molecule has 0 aliphatic carbocycles. The molecule has 6 heteroatoms. The van der Waals surface area contributed by atoms with E-state index in [0.29, 0.717) is 17.5 Å². The molecule has 0 aliphatic rings. The Balaban J connectivity index is 1.76. The van der Waals surface area contributed by atoms with E-state index in [2.05, 4.69) is 34.2 Å². The van der Waals surface area contributed by atoms with Gasteiger partial charge < -0.3 is 4.42 Å². The van der Waals surface area contributed by atoms with Crippen molar-refractivity contribution in [3.05, 3.63) is 56.8 Å². The zero-order valence-corrected chi connectivity index (χ0v) is 15.8. The quantitative estimate of drug-likeness (QED) is 0.621. The van der Waals surface area contributed by atoms with E-state index in [1.165, 1.54) is 0 Å². The SMILES string of the molecule is Cc1csc(C(C)N(C)Cc2nc(-c3ccc(Cl)cc3)oc2C)n1. The summed E-state index contributed by atoms with van der Waals surface area (Å²) in [6.07, 6.45) is 0. The zero-order valence-electron chi connectivity index (χ0n) is 14.2. The van der Waals surface area contributed by atoms with Crippen LogP contribution in [-0.2, 0) is 6.54 Å². The van der Waals surface area contributed by atoms with E-state index >= 15 is 0 Å². The minimum Gasteiger partial charge on any atom is -0.441 e. The van der Waals surface area contributed by atoms with Crippen LogP contribution in [-0.4, -0.2) is 21.9 Å². The minimum atomic E-state index is 0.235. The third-order valence-corrected chi connectivity index (χ3v) is 5.42. The smallest absolute Gasteiger partial charge is 0.226 e. The number of oxazole rings is 1. The van der Waals surface area contributed by atoms with Crippen LogP contribution in [0.2, 0.25) is 5.02 Å². The van der Waals surface area contributed by atoms with E-state index in [9.17, 15) is 0 Å². The summed E-state index contributed by atoms with van der Waals surface area (Å²) in [7, 11) is 2.08. The Hall–Kier alpha value is -1.69. The Bertz CT molecular complexity index is 825. The van der Waals surface area contributed by atoms with Gasteiger partial charge in [-0.1, -0.05) is 11.6 Å². The highest BCUT2D eigenvalue weighted by molar-refractivity contribution is 7.09. The fraction of sp³-hybridized carbons (Fsp3) is 0.333. The summed E-state index contributed by atoms with van der Waals surface area (Å²) in [5, 5.41) is 3.91. The van der Waals surface area contributed by atoms with Gasteiger partial charge in [-0.2, -0.15) is 0 Å². The number of aromatic nitrogens is 2. The van der Waals surface area contributed by atoms with Crippen LogP contribution in [0, 0.1) is 13.8 Å². The average molecular weight is 362 g/mol. The lowest BCUT2D eigenvalue weighted by molar-refractivity contribution is 0.248. The summed E-state index contributed by atoms with van der Waals surface area (Å²) in [6.45, 7) is 6.84. The van der Waals surface area contributed by atoms with Gasteiger partial charge in [-0.25, -0.2) is 9.97 Å². The van der Waals surface area contributed by atoms with E-state index in [4.69, 9.17) is 16.0 Å². The van der Waals surface area contributed by atoms with Crippen molar-refractivity contribution in [1.82, 2.24) is 14.9 Å². The van der Waals surface area contributed by atoms with Crippen molar-refractivity contribution in [3.8, 4) is 11.5 Å². The minimum absolute atomic E-state index is 0.235. The highest BCUT2D eigenvalue weighted by atomic mass is 35.5. The average Bonchev–Trinajstić information content (AvgIpc) is 3.14. The Morgan fingerprint density at radius 2 is 1.92 bits per heavy atom. The molecular formula is C18H20ClN3OS. The first-order valence-corrected chi connectivity index (χ1v) is 9.04. The number of benzene rings is 1. The van der Waals surface area contributed by atoms with Gasteiger partial charge in [0.05, 0.1) is 11.7 Å². The number of rotatable bonds is 5. The van der Waals surface area contributed by atoms with Crippen molar-refractivity contribution in [1.29, 1.82) is 0 Å². The van der Waals surface area contributed by atoms with Gasteiger partial charge >= 0.3 is 0 Å². The summed E-state index contributed by atoms with van der Waals surface area (Å²) in [5.74, 6) is 1.47. The number of hydrogen-bond acceptors (Lipinski definition) is 5. The molecule has 2 heterocycles. The molecule has 1 unspecified atom stereocenters. The summed E-state index contributed by atoms with van der Waals surface area (Å²) >= 11 is 7.63. The lowest BCUT2D eigenvalue weighted by atomic mass is 10.2. The zero-order chi connectivity index (χ0) is 17.3. The van der Waals surface area contributed by atoms with E-state index in [0.717, 1.165) is 27.7 Å². The van der Waals surface area contributed by atoms with E-state index in [1.54, 1.807) is 11.3 Å². The van der Waals surface area contributed by atoms with E-state index < -0.39 is 0 Å². The Kier molecular flexibility index (Phi) is 5.04. The van der Waals surface area contributed by atoms with Crippen LogP contribution in [0.3, 0.4) is 0 Å². The molecule has 0 saturated carbocycles. The molecule has 0 saturated heterocycles. The van der Waals surface area contributed by atoms with Crippen LogP contribution >= 0.6 is 22.9 Å². The first-order chi connectivity index (χ1) is 11.4. The van der Waals surface area contributed by atoms with Crippen molar-refractivity contribution in [3.63, 3.8) is 0 Å². The van der Waals surface area contributed by atoms with Crippen molar-refractivity contribution in [2.24, 2.45) is 0 Å². The molecule has 0 aliphatic heterocycles. The number of nitrogens with zero attached hydrogens (tertiary/aromatic N) is 3. The summed E-state index contributed by atoms with van der Waals surface area (Å²) < 4.78 is 5.84. The molecule has 0 bridgehead atoms. The number of thiazole rings is 1. The standard InChI is InChI=1S/C18H20ClN3OS/c1-11-10-24-18(20-11)12(2)22(4)9-16-13(3)23-17(21-16)14-5-7-15(19)8-6-14/h5-8,10,12H,9H2,1-4H3. The van der Waals surface area contributed by atoms with Gasteiger partial charge in [0.2, 0.25) is 5.89 Å². The fourth-order valence-corrected chi connectivity index (χ4v) is 3.46. The van der Waals surface area contributed by atoms with Gasteiger partial charge in [0.1, 0.15) is 10.8 Å². The second-order valence-corrected chi connectivity index (χ2v) is 7.27. The van der Waals surface area contributed by atoms with Crippen LogP contribution in [0.5, 0.6) is 0 Å². The monoisotopic (exact) mass is 361 g/mol. The van der Waals surface area contributed by atoms with Gasteiger partial charge in [-0.15, -0.1) is 11.3 Å². The molecule has 0 fully saturated rings. The third kappa shape index (κ3) is 3.69. The molecule has 0 N–H and O–H groups in total. The van der Waals surface area contributed by atoms with Gasteiger partial charge in [-0.05, 0) is 52.1 Å². The molecule has 3 rings (SSSR count). The lowest BCUT2D eigenvalue weighted by Crippen LogP contribution is -2.22. The summed E-state index contributed by atoms with van der Waals surface area (Å²) in [5.41, 5.74) is 2.94. The predicted molar refractivity (Wildman–Crippen MR) is 98.4 cm³/mol. The molecule has 1 atom stereocenters. The second-order valence-electron chi connectivity index (χ2n) is 5.95. The maximum Gasteiger partial charge on any atom is 0.226 e. The molecular weight excluding hydrogens is 342 g/mol. The topological polar surface area (TPSA) is 42.2 Å². The first-order valence-electron chi connectivity index (χ1n) is 7.78. The second kappa shape index (κ2) is 7.05. The maximum atomic E-state index is 5.94. The molecule has 0 radical (unpaired) electrons. The molecule has 126 valence electrons. The molecule has 3 aromatic rings. The first kappa shape index (κ1) is 17.1. The molecule has 0 amide bonds. The van der Waals surface area contributed by atoms with Crippen LogP contribution < -0.4 is 0 Å². The Morgan fingerprint density at radius 1 is 1.21 bits per heavy atom. The molecule has 2 aromatic heterocycles.